The average Bonchev–Trinajstić information content (AvgIpc) is 2.10. The zero-order chi connectivity index (χ0) is 10.3. The van der Waals surface area contributed by atoms with Crippen molar-refractivity contribution in [2.45, 2.75) is 26.1 Å². The lowest BCUT2D eigenvalue weighted by atomic mass is 10.2. The van der Waals surface area contributed by atoms with Gasteiger partial charge in [0.15, 0.2) is 0 Å². The number of fused-ring (bicyclic) bond motifs is 1. The van der Waals surface area contributed by atoms with Gasteiger partial charge in [-0.15, -0.1) is 0 Å². The summed E-state index contributed by atoms with van der Waals surface area (Å²) in [6.07, 6.45) is 0. The van der Waals surface area contributed by atoms with E-state index in [2.05, 4.69) is 13.1 Å². The highest BCUT2D eigenvalue weighted by atomic mass is 28.3. The summed E-state index contributed by atoms with van der Waals surface area (Å²) in [4.78, 5) is 0. The first-order valence-corrected chi connectivity index (χ1v) is 8.15. The van der Waals surface area contributed by atoms with E-state index in [9.17, 15) is 4.39 Å². The van der Waals surface area contributed by atoms with Crippen molar-refractivity contribution in [1.82, 2.24) is 0 Å². The zero-order valence-corrected chi connectivity index (χ0v) is 9.86. The fourth-order valence-electron chi connectivity index (χ4n) is 2.01. The van der Waals surface area contributed by atoms with E-state index in [4.69, 9.17) is 4.74 Å². The first-order valence-electron chi connectivity index (χ1n) is 4.95. The largest absolute Gasteiger partial charge is 0.494 e. The van der Waals surface area contributed by atoms with Gasteiger partial charge in [0.25, 0.3) is 0 Å². The van der Waals surface area contributed by atoms with Crippen LogP contribution >= 0.6 is 0 Å². The van der Waals surface area contributed by atoms with Crippen molar-refractivity contribution in [2.24, 2.45) is 0 Å². The van der Waals surface area contributed by atoms with Crippen LogP contribution in [0, 0.1) is 12.7 Å². The Morgan fingerprint density at radius 2 is 2.07 bits per heavy atom. The molecule has 0 N–H and O–H groups in total. The van der Waals surface area contributed by atoms with Gasteiger partial charge >= 0.3 is 0 Å². The molecule has 76 valence electrons. The molecule has 2 rings (SSSR count). The molecule has 0 atom stereocenters. The summed E-state index contributed by atoms with van der Waals surface area (Å²) < 4.78 is 19.3. The second-order valence-electron chi connectivity index (χ2n) is 4.55. The van der Waals surface area contributed by atoms with Crippen molar-refractivity contribution in [3.8, 4) is 5.75 Å². The number of hydrogen-bond donors (Lipinski definition) is 0. The molecule has 1 aliphatic rings. The quantitative estimate of drug-likeness (QED) is 0.598. The summed E-state index contributed by atoms with van der Waals surface area (Å²) in [6.45, 7) is 7.14. The van der Waals surface area contributed by atoms with Crippen molar-refractivity contribution in [2.75, 3.05) is 6.61 Å². The Balaban J connectivity index is 2.67. The Morgan fingerprint density at radius 1 is 1.36 bits per heavy atom. The molecule has 0 saturated heterocycles. The van der Waals surface area contributed by atoms with Crippen molar-refractivity contribution in [3.05, 3.63) is 23.5 Å². The fraction of sp³-hybridized carbons (Fsp3) is 0.455. The topological polar surface area (TPSA) is 9.23 Å². The summed E-state index contributed by atoms with van der Waals surface area (Å²) in [5, 5.41) is 0.878. The predicted molar refractivity (Wildman–Crippen MR) is 58.6 cm³/mol. The number of rotatable bonds is 0. The second kappa shape index (κ2) is 3.09. The molecule has 1 nitrogen and oxygen atoms in total. The highest BCUT2D eigenvalue weighted by Crippen LogP contribution is 2.27. The van der Waals surface area contributed by atoms with Gasteiger partial charge in [-0.1, -0.05) is 19.2 Å². The van der Waals surface area contributed by atoms with Crippen LogP contribution in [-0.2, 0) is 0 Å². The van der Waals surface area contributed by atoms with Gasteiger partial charge in [-0.25, -0.2) is 4.39 Å². The van der Waals surface area contributed by atoms with E-state index in [1.54, 1.807) is 12.1 Å². The third-order valence-corrected chi connectivity index (χ3v) is 6.23. The summed E-state index contributed by atoms with van der Waals surface area (Å²) in [7, 11) is -1.59. The highest BCUT2D eigenvalue weighted by molar-refractivity contribution is 6.90. The standard InChI is InChI=1S/C11H15FOSi/c1-8-4-5-9(12)11-10(8)13-6-7-14(11,2)3/h4-5H,6-7H2,1-3H3. The Kier molecular flexibility index (Phi) is 2.14. The smallest absolute Gasteiger partial charge is 0.126 e. The normalized spacial score (nSPS) is 18.6. The molecule has 0 unspecified atom stereocenters. The minimum atomic E-state index is -1.59. The van der Waals surface area contributed by atoms with Gasteiger partial charge in [-0.2, -0.15) is 0 Å². The lowest BCUT2D eigenvalue weighted by Crippen LogP contribution is -2.48. The van der Waals surface area contributed by atoms with Crippen molar-refractivity contribution in [3.63, 3.8) is 0 Å². The van der Waals surface area contributed by atoms with E-state index in [1.165, 1.54) is 0 Å². The van der Waals surface area contributed by atoms with Crippen molar-refractivity contribution in [1.29, 1.82) is 0 Å². The minimum Gasteiger partial charge on any atom is -0.494 e. The number of halogens is 1. The Morgan fingerprint density at radius 3 is 2.71 bits per heavy atom. The molecule has 1 heterocycles. The number of hydrogen-bond acceptors (Lipinski definition) is 1. The van der Waals surface area contributed by atoms with Crippen molar-refractivity contribution < 1.29 is 9.13 Å². The van der Waals surface area contributed by atoms with E-state index in [-0.39, 0.29) is 5.82 Å². The second-order valence-corrected chi connectivity index (χ2v) is 9.32. The van der Waals surface area contributed by atoms with E-state index in [0.717, 1.165) is 29.2 Å². The molecular formula is C11H15FOSi. The van der Waals surface area contributed by atoms with Crippen LogP contribution in [0.5, 0.6) is 5.75 Å². The molecule has 0 aliphatic carbocycles. The number of ether oxygens (including phenoxy) is 1. The predicted octanol–water partition coefficient (Wildman–Crippen LogP) is 2.44. The van der Waals surface area contributed by atoms with Crippen molar-refractivity contribution >= 4 is 13.3 Å². The zero-order valence-electron chi connectivity index (χ0n) is 8.86. The maximum absolute atomic E-state index is 13.7. The molecule has 0 amide bonds. The molecule has 0 spiro atoms. The van der Waals surface area contributed by atoms with Gasteiger partial charge in [0.1, 0.15) is 11.6 Å². The monoisotopic (exact) mass is 210 g/mol. The summed E-state index contributed by atoms with van der Waals surface area (Å²) in [5.74, 6) is 0.731. The molecule has 0 aromatic heterocycles. The van der Waals surface area contributed by atoms with Crippen LogP contribution in [-0.4, -0.2) is 14.7 Å². The molecule has 1 aliphatic heterocycles. The highest BCUT2D eigenvalue weighted by Gasteiger charge is 2.34. The van der Waals surface area contributed by atoms with Crippen LogP contribution in [0.3, 0.4) is 0 Å². The maximum atomic E-state index is 13.7. The fourth-order valence-corrected chi connectivity index (χ4v) is 4.49. The Hall–Kier alpha value is -0.833. The molecule has 1 aromatic rings. The van der Waals surface area contributed by atoms with Crippen LogP contribution in [0.15, 0.2) is 12.1 Å². The van der Waals surface area contributed by atoms with Crippen LogP contribution < -0.4 is 9.92 Å². The molecule has 0 saturated carbocycles. The minimum absolute atomic E-state index is 0.0815. The Labute approximate surface area is 84.9 Å². The van der Waals surface area contributed by atoms with E-state index in [1.807, 2.05) is 6.92 Å². The van der Waals surface area contributed by atoms with Gasteiger partial charge in [0, 0.05) is 5.19 Å². The first-order chi connectivity index (χ1) is 6.52. The maximum Gasteiger partial charge on any atom is 0.126 e. The van der Waals surface area contributed by atoms with Gasteiger partial charge in [0.2, 0.25) is 0 Å². The van der Waals surface area contributed by atoms with Gasteiger partial charge in [-0.3, -0.25) is 0 Å². The third kappa shape index (κ3) is 1.36. The van der Waals surface area contributed by atoms with Crippen LogP contribution in [0.25, 0.3) is 0 Å². The van der Waals surface area contributed by atoms with Crippen LogP contribution in [0.2, 0.25) is 19.1 Å². The van der Waals surface area contributed by atoms with E-state index >= 15 is 0 Å². The first kappa shape index (κ1) is 9.71. The Bertz CT molecular complexity index is 374. The van der Waals surface area contributed by atoms with Crippen LogP contribution in [0.1, 0.15) is 5.56 Å². The van der Waals surface area contributed by atoms with Gasteiger partial charge in [0.05, 0.1) is 14.7 Å². The van der Waals surface area contributed by atoms with E-state index < -0.39 is 8.07 Å². The summed E-state index contributed by atoms with van der Waals surface area (Å²) in [5.41, 5.74) is 1.06. The molecule has 0 fully saturated rings. The third-order valence-electron chi connectivity index (χ3n) is 2.95. The van der Waals surface area contributed by atoms with E-state index in [0.29, 0.717) is 0 Å². The lowest BCUT2D eigenvalue weighted by Gasteiger charge is -2.31. The molecule has 0 radical (unpaired) electrons. The van der Waals surface area contributed by atoms with Gasteiger partial charge < -0.3 is 4.74 Å². The average molecular weight is 210 g/mol. The number of aryl methyl sites for hydroxylation is 1. The molecule has 3 heteroatoms. The molecular weight excluding hydrogens is 195 g/mol. The number of benzene rings is 1. The lowest BCUT2D eigenvalue weighted by molar-refractivity contribution is 0.330. The SMILES string of the molecule is Cc1ccc(F)c2c1OCC[Si]2(C)C. The molecule has 0 bridgehead atoms. The molecule has 1 aromatic carbocycles. The van der Waals surface area contributed by atoms with Crippen LogP contribution in [0.4, 0.5) is 4.39 Å². The molecule has 14 heavy (non-hydrogen) atoms. The van der Waals surface area contributed by atoms with Gasteiger partial charge in [-0.05, 0) is 24.6 Å². The summed E-state index contributed by atoms with van der Waals surface area (Å²) in [6, 6.07) is 4.38. The summed E-state index contributed by atoms with van der Waals surface area (Å²) >= 11 is 0.